The highest BCUT2D eigenvalue weighted by Crippen LogP contribution is 2.31. The molecule has 7 nitrogen and oxygen atoms in total. The van der Waals surface area contributed by atoms with Crippen LogP contribution in [0.3, 0.4) is 0 Å². The summed E-state index contributed by atoms with van der Waals surface area (Å²) in [5.74, 6) is 1.41. The first-order chi connectivity index (χ1) is 12.8. The Morgan fingerprint density at radius 3 is 2.52 bits per heavy atom. The molecule has 1 aromatic carbocycles. The maximum absolute atomic E-state index is 13.1. The van der Waals surface area contributed by atoms with Crippen LogP contribution in [0.25, 0.3) is 11.0 Å². The number of nitrogens with zero attached hydrogens (tertiary/aromatic N) is 5. The van der Waals surface area contributed by atoms with Crippen molar-refractivity contribution in [2.75, 3.05) is 16.8 Å². The van der Waals surface area contributed by atoms with Crippen molar-refractivity contribution in [3.63, 3.8) is 0 Å². The lowest BCUT2D eigenvalue weighted by Gasteiger charge is -2.22. The van der Waals surface area contributed by atoms with E-state index in [-0.39, 0.29) is 11.9 Å². The Bertz CT molecular complexity index is 1030. The van der Waals surface area contributed by atoms with Gasteiger partial charge in [0, 0.05) is 19.3 Å². The molecule has 1 fully saturated rings. The van der Waals surface area contributed by atoms with Crippen molar-refractivity contribution in [2.24, 2.45) is 7.05 Å². The van der Waals surface area contributed by atoms with Gasteiger partial charge >= 0.3 is 0 Å². The number of fused-ring (bicyclic) bond motifs is 1. The number of nitrogens with one attached hydrogen (secondary N) is 1. The minimum Gasteiger partial charge on any atom is -0.358 e. The van der Waals surface area contributed by atoms with Gasteiger partial charge in [0.15, 0.2) is 5.65 Å². The second-order valence-corrected chi connectivity index (χ2v) is 7.35. The number of hydrogen-bond donors (Lipinski definition) is 1. The third-order valence-electron chi connectivity index (χ3n) is 5.13. The molecule has 0 radical (unpaired) electrons. The standard InChI is InChI=1S/C20H24N6O/c1-11-8-12(2)17(13(3)9-11)26-7-6-16(20(26)27)24-18-15-10-21-25(5)19(15)23-14(4)22-18/h8-10,16H,6-7H2,1-5H3,(H,22,23,24). The summed E-state index contributed by atoms with van der Waals surface area (Å²) < 4.78 is 1.72. The van der Waals surface area contributed by atoms with E-state index >= 15 is 0 Å². The molecule has 1 unspecified atom stereocenters. The normalized spacial score (nSPS) is 17.1. The quantitative estimate of drug-likeness (QED) is 0.773. The van der Waals surface area contributed by atoms with Crippen molar-refractivity contribution in [3.05, 3.63) is 40.8 Å². The molecular formula is C20H24N6O. The van der Waals surface area contributed by atoms with Crippen molar-refractivity contribution in [3.8, 4) is 0 Å². The summed E-state index contributed by atoms with van der Waals surface area (Å²) in [7, 11) is 1.85. The number of carbonyl (C=O) groups is 1. The van der Waals surface area contributed by atoms with Gasteiger partial charge < -0.3 is 10.2 Å². The first-order valence-electron chi connectivity index (χ1n) is 9.17. The first kappa shape index (κ1) is 17.5. The highest BCUT2D eigenvalue weighted by Gasteiger charge is 2.34. The van der Waals surface area contributed by atoms with Gasteiger partial charge in [0.05, 0.1) is 11.6 Å². The summed E-state index contributed by atoms with van der Waals surface area (Å²) in [6.45, 7) is 8.75. The van der Waals surface area contributed by atoms with Crippen LogP contribution in [0.2, 0.25) is 0 Å². The molecule has 1 saturated heterocycles. The van der Waals surface area contributed by atoms with Gasteiger partial charge in [-0.2, -0.15) is 5.10 Å². The van der Waals surface area contributed by atoms with Crippen LogP contribution < -0.4 is 10.2 Å². The molecule has 3 heterocycles. The van der Waals surface area contributed by atoms with E-state index < -0.39 is 0 Å². The predicted molar refractivity (Wildman–Crippen MR) is 106 cm³/mol. The zero-order valence-corrected chi connectivity index (χ0v) is 16.4. The van der Waals surface area contributed by atoms with Crippen LogP contribution in [-0.2, 0) is 11.8 Å². The number of anilines is 2. The van der Waals surface area contributed by atoms with Crippen LogP contribution in [0.5, 0.6) is 0 Å². The monoisotopic (exact) mass is 364 g/mol. The molecule has 1 aliphatic rings. The van der Waals surface area contributed by atoms with Gasteiger partial charge in [-0.05, 0) is 45.2 Å². The number of aromatic nitrogens is 4. The van der Waals surface area contributed by atoms with Crippen LogP contribution in [0.1, 0.15) is 28.9 Å². The van der Waals surface area contributed by atoms with Gasteiger partial charge in [0.25, 0.3) is 0 Å². The Hall–Kier alpha value is -2.96. The summed E-state index contributed by atoms with van der Waals surface area (Å²) in [5, 5.41) is 8.44. The smallest absolute Gasteiger partial charge is 0.249 e. The van der Waals surface area contributed by atoms with Crippen LogP contribution in [0.4, 0.5) is 11.5 Å². The summed E-state index contributed by atoms with van der Waals surface area (Å²) in [6.07, 6.45) is 2.47. The van der Waals surface area contributed by atoms with E-state index in [1.165, 1.54) is 5.56 Å². The van der Waals surface area contributed by atoms with Gasteiger partial charge in [0.1, 0.15) is 17.7 Å². The fourth-order valence-corrected chi connectivity index (χ4v) is 4.04. The number of rotatable bonds is 3. The van der Waals surface area contributed by atoms with Crippen molar-refractivity contribution < 1.29 is 4.79 Å². The average Bonchev–Trinajstić information content (AvgIpc) is 3.12. The molecule has 0 aliphatic carbocycles. The van der Waals surface area contributed by atoms with Gasteiger partial charge in [-0.1, -0.05) is 17.7 Å². The highest BCUT2D eigenvalue weighted by atomic mass is 16.2. The molecule has 7 heteroatoms. The van der Waals surface area contributed by atoms with E-state index in [4.69, 9.17) is 0 Å². The highest BCUT2D eigenvalue weighted by molar-refractivity contribution is 6.03. The van der Waals surface area contributed by atoms with Crippen LogP contribution >= 0.6 is 0 Å². The molecule has 4 rings (SSSR count). The number of amides is 1. The second kappa shape index (κ2) is 6.33. The van der Waals surface area contributed by atoms with Crippen LogP contribution in [0.15, 0.2) is 18.3 Å². The van der Waals surface area contributed by atoms with Gasteiger partial charge in [-0.3, -0.25) is 9.48 Å². The van der Waals surface area contributed by atoms with Crippen molar-refractivity contribution in [1.29, 1.82) is 0 Å². The number of carbonyl (C=O) groups excluding carboxylic acids is 1. The second-order valence-electron chi connectivity index (χ2n) is 7.35. The summed E-state index contributed by atoms with van der Waals surface area (Å²) in [5.41, 5.74) is 5.27. The molecule has 3 aromatic rings. The number of benzene rings is 1. The maximum Gasteiger partial charge on any atom is 0.249 e. The van der Waals surface area contributed by atoms with Crippen molar-refractivity contribution in [1.82, 2.24) is 19.7 Å². The van der Waals surface area contributed by atoms with Gasteiger partial charge in [-0.15, -0.1) is 0 Å². The fraction of sp³-hybridized carbons (Fsp3) is 0.400. The lowest BCUT2D eigenvalue weighted by molar-refractivity contribution is -0.117. The lowest BCUT2D eigenvalue weighted by atomic mass is 10.0. The molecule has 27 heavy (non-hydrogen) atoms. The zero-order chi connectivity index (χ0) is 19.3. The Kier molecular flexibility index (Phi) is 4.09. The fourth-order valence-electron chi connectivity index (χ4n) is 4.04. The molecule has 140 valence electrons. The third kappa shape index (κ3) is 2.93. The number of aryl methyl sites for hydroxylation is 5. The molecule has 1 atom stereocenters. The predicted octanol–water partition coefficient (Wildman–Crippen LogP) is 2.81. The van der Waals surface area contributed by atoms with E-state index in [0.29, 0.717) is 18.2 Å². The van der Waals surface area contributed by atoms with Gasteiger partial charge in [-0.25, -0.2) is 9.97 Å². The Labute approximate surface area is 158 Å². The molecule has 0 spiro atoms. The van der Waals surface area contributed by atoms with E-state index in [1.807, 2.05) is 18.9 Å². The molecule has 1 amide bonds. The topological polar surface area (TPSA) is 75.9 Å². The minimum absolute atomic E-state index is 0.0818. The van der Waals surface area contributed by atoms with Gasteiger partial charge in [0.2, 0.25) is 5.91 Å². The lowest BCUT2D eigenvalue weighted by Crippen LogP contribution is -2.34. The Morgan fingerprint density at radius 2 is 1.81 bits per heavy atom. The van der Waals surface area contributed by atoms with E-state index in [0.717, 1.165) is 34.3 Å². The molecule has 0 bridgehead atoms. The van der Waals surface area contributed by atoms with Crippen LogP contribution in [0, 0.1) is 27.7 Å². The van der Waals surface area contributed by atoms with Crippen LogP contribution in [-0.4, -0.2) is 38.2 Å². The van der Waals surface area contributed by atoms with Crippen molar-refractivity contribution in [2.45, 2.75) is 40.2 Å². The third-order valence-corrected chi connectivity index (χ3v) is 5.13. The number of hydrogen-bond acceptors (Lipinski definition) is 5. The summed E-state index contributed by atoms with van der Waals surface area (Å²) in [6, 6.07) is 3.95. The molecule has 2 aromatic heterocycles. The SMILES string of the molecule is Cc1cc(C)c(N2CCC(Nc3nc(C)nc4c3cnn4C)C2=O)c(C)c1. The van der Waals surface area contributed by atoms with Crippen molar-refractivity contribution >= 4 is 28.4 Å². The zero-order valence-electron chi connectivity index (χ0n) is 16.4. The van der Waals surface area contributed by atoms with E-state index in [2.05, 4.69) is 53.3 Å². The summed E-state index contributed by atoms with van der Waals surface area (Å²) in [4.78, 5) is 24.0. The average molecular weight is 364 g/mol. The molecule has 0 saturated carbocycles. The van der Waals surface area contributed by atoms with E-state index in [9.17, 15) is 4.79 Å². The Balaban J connectivity index is 1.64. The van der Waals surface area contributed by atoms with E-state index in [1.54, 1.807) is 10.9 Å². The minimum atomic E-state index is -0.303. The maximum atomic E-state index is 13.1. The molecular weight excluding hydrogens is 340 g/mol. The molecule has 1 aliphatic heterocycles. The Morgan fingerprint density at radius 1 is 1.11 bits per heavy atom. The largest absolute Gasteiger partial charge is 0.358 e. The summed E-state index contributed by atoms with van der Waals surface area (Å²) >= 11 is 0. The molecule has 1 N–H and O–H groups in total. The first-order valence-corrected chi connectivity index (χ1v) is 9.17.